The minimum absolute atomic E-state index is 0.147. The van der Waals surface area contributed by atoms with Crippen molar-refractivity contribution >= 4 is 21.6 Å². The van der Waals surface area contributed by atoms with E-state index in [4.69, 9.17) is 11.6 Å². The van der Waals surface area contributed by atoms with E-state index in [-0.39, 0.29) is 10.9 Å². The second-order valence-electron chi connectivity index (χ2n) is 4.02. The highest BCUT2D eigenvalue weighted by Gasteiger charge is 2.32. The number of halogens is 1. The molecule has 0 fully saturated rings. The Labute approximate surface area is 107 Å². The molecule has 0 atom stereocenters. The van der Waals surface area contributed by atoms with E-state index in [9.17, 15) is 8.42 Å². The van der Waals surface area contributed by atoms with Crippen molar-refractivity contribution in [2.75, 3.05) is 5.88 Å². The average Bonchev–Trinajstić information content (AvgIpc) is 2.73. The molecular formula is C10H18ClN3O2S. The summed E-state index contributed by atoms with van der Waals surface area (Å²) >= 11 is 5.88. The van der Waals surface area contributed by atoms with Crippen molar-refractivity contribution < 1.29 is 8.42 Å². The topological polar surface area (TPSA) is 64.0 Å². The molecule has 0 saturated heterocycles. The normalized spacial score (nSPS) is 12.9. The van der Waals surface area contributed by atoms with Gasteiger partial charge in [0.2, 0.25) is 0 Å². The molecule has 1 aromatic rings. The van der Waals surface area contributed by atoms with Gasteiger partial charge in [0.1, 0.15) is 0 Å². The minimum atomic E-state index is -3.58. The Morgan fingerprint density at radius 3 is 2.41 bits per heavy atom. The molecule has 0 bridgehead atoms. The smallest absolute Gasteiger partial charge is 0.256 e. The molecule has 17 heavy (non-hydrogen) atoms. The molecule has 0 unspecified atom stereocenters. The fourth-order valence-corrected chi connectivity index (χ4v) is 3.77. The molecule has 5 nitrogen and oxygen atoms in total. The highest BCUT2D eigenvalue weighted by molar-refractivity contribution is 7.89. The van der Waals surface area contributed by atoms with Crippen LogP contribution in [-0.4, -0.2) is 29.6 Å². The van der Waals surface area contributed by atoms with Gasteiger partial charge in [-0.2, -0.15) is 5.10 Å². The summed E-state index contributed by atoms with van der Waals surface area (Å²) in [6, 6.07) is 1.46. The fraction of sp³-hybridized carbons (Fsp3) is 0.700. The molecule has 1 aromatic heterocycles. The van der Waals surface area contributed by atoms with Crippen LogP contribution in [0.4, 0.5) is 0 Å². The van der Waals surface area contributed by atoms with Crippen molar-refractivity contribution in [1.29, 1.82) is 0 Å². The first-order valence-corrected chi connectivity index (χ1v) is 7.50. The van der Waals surface area contributed by atoms with Gasteiger partial charge < -0.3 is 0 Å². The van der Waals surface area contributed by atoms with E-state index in [1.165, 1.54) is 16.9 Å². The molecule has 0 aliphatic rings. The summed E-state index contributed by atoms with van der Waals surface area (Å²) in [5.41, 5.74) is -0.593. The molecule has 98 valence electrons. The average molecular weight is 280 g/mol. The predicted octanol–water partition coefficient (Wildman–Crippen LogP) is 1.50. The zero-order valence-electron chi connectivity index (χ0n) is 10.3. The quantitative estimate of drug-likeness (QED) is 0.803. The van der Waals surface area contributed by atoms with E-state index in [2.05, 4.69) is 9.82 Å². The Hall–Kier alpha value is -0.590. The second-order valence-corrected chi connectivity index (χ2v) is 5.92. The Balaban J connectivity index is 3.05. The first-order chi connectivity index (χ1) is 7.90. The number of rotatable bonds is 6. The lowest BCUT2D eigenvalue weighted by atomic mass is 9.97. The molecule has 1 N–H and O–H groups in total. The van der Waals surface area contributed by atoms with Crippen LogP contribution in [0.3, 0.4) is 0 Å². The van der Waals surface area contributed by atoms with Crippen molar-refractivity contribution in [3.63, 3.8) is 0 Å². The van der Waals surface area contributed by atoms with Gasteiger partial charge in [-0.05, 0) is 18.9 Å². The Morgan fingerprint density at radius 1 is 1.47 bits per heavy atom. The van der Waals surface area contributed by atoms with Crippen molar-refractivity contribution in [3.05, 3.63) is 12.3 Å². The zero-order chi connectivity index (χ0) is 13.1. The molecule has 0 aromatic carbocycles. The van der Waals surface area contributed by atoms with Crippen LogP contribution in [0.2, 0.25) is 0 Å². The monoisotopic (exact) mass is 279 g/mol. The van der Waals surface area contributed by atoms with Gasteiger partial charge in [0.25, 0.3) is 10.0 Å². The van der Waals surface area contributed by atoms with Gasteiger partial charge >= 0.3 is 0 Å². The summed E-state index contributed by atoms with van der Waals surface area (Å²) in [5, 5.41) is 4.00. The SMILES string of the molecule is CCC(CC)(CCl)NS(=O)(=O)c1ccnn1C. The number of aryl methyl sites for hydroxylation is 1. The summed E-state index contributed by atoms with van der Waals surface area (Å²) in [6.07, 6.45) is 2.74. The molecule has 0 amide bonds. The van der Waals surface area contributed by atoms with E-state index in [1.807, 2.05) is 13.8 Å². The Morgan fingerprint density at radius 2 is 2.06 bits per heavy atom. The third-order valence-electron chi connectivity index (χ3n) is 3.01. The van der Waals surface area contributed by atoms with E-state index in [0.29, 0.717) is 12.8 Å². The molecule has 0 spiro atoms. The highest BCUT2D eigenvalue weighted by atomic mass is 35.5. The number of nitrogens with one attached hydrogen (secondary N) is 1. The third kappa shape index (κ3) is 3.00. The summed E-state index contributed by atoms with van der Waals surface area (Å²) < 4.78 is 28.4. The van der Waals surface area contributed by atoms with Crippen LogP contribution in [0.25, 0.3) is 0 Å². The molecule has 0 aliphatic carbocycles. The van der Waals surface area contributed by atoms with Gasteiger partial charge in [-0.25, -0.2) is 13.1 Å². The van der Waals surface area contributed by atoms with Gasteiger partial charge in [0.05, 0.1) is 6.20 Å². The van der Waals surface area contributed by atoms with Crippen molar-refractivity contribution in [2.45, 2.75) is 37.3 Å². The van der Waals surface area contributed by atoms with Gasteiger partial charge in [-0.15, -0.1) is 11.6 Å². The number of hydrogen-bond acceptors (Lipinski definition) is 3. The van der Waals surface area contributed by atoms with Crippen LogP contribution in [0.5, 0.6) is 0 Å². The number of sulfonamides is 1. The van der Waals surface area contributed by atoms with Crippen molar-refractivity contribution in [2.24, 2.45) is 7.05 Å². The summed E-state index contributed by atoms with van der Waals surface area (Å²) in [5.74, 6) is 0.247. The number of nitrogens with zero attached hydrogens (tertiary/aromatic N) is 2. The summed E-state index contributed by atoms with van der Waals surface area (Å²) in [4.78, 5) is 0. The summed E-state index contributed by atoms with van der Waals surface area (Å²) in [6.45, 7) is 3.83. The third-order valence-corrected chi connectivity index (χ3v) is 5.18. The van der Waals surface area contributed by atoms with Crippen LogP contribution in [0, 0.1) is 0 Å². The lowest BCUT2D eigenvalue weighted by Crippen LogP contribution is -2.49. The first kappa shape index (κ1) is 14.5. The molecule has 1 rings (SSSR count). The predicted molar refractivity (Wildman–Crippen MR) is 67.6 cm³/mol. The molecule has 0 radical (unpaired) electrons. The highest BCUT2D eigenvalue weighted by Crippen LogP contribution is 2.20. The van der Waals surface area contributed by atoms with Crippen LogP contribution >= 0.6 is 11.6 Å². The Bertz CT molecular complexity index is 457. The van der Waals surface area contributed by atoms with E-state index in [0.717, 1.165) is 0 Å². The molecule has 1 heterocycles. The fourth-order valence-electron chi connectivity index (χ4n) is 1.57. The largest absolute Gasteiger partial charge is 0.258 e. The lowest BCUT2D eigenvalue weighted by molar-refractivity contribution is 0.392. The Kier molecular flexibility index (Phi) is 4.57. The molecule has 0 aliphatic heterocycles. The van der Waals surface area contributed by atoms with Crippen LogP contribution < -0.4 is 4.72 Å². The lowest BCUT2D eigenvalue weighted by Gasteiger charge is -2.30. The van der Waals surface area contributed by atoms with Gasteiger partial charge in [-0.3, -0.25) is 4.68 Å². The van der Waals surface area contributed by atoms with E-state index in [1.54, 1.807) is 7.05 Å². The molecule has 7 heteroatoms. The standard InChI is InChI=1S/C10H18ClN3O2S/c1-4-10(5-2,8-11)13-17(15,16)9-6-7-12-14(9)3/h6-7,13H,4-5,8H2,1-3H3. The van der Waals surface area contributed by atoms with Crippen LogP contribution in [0.15, 0.2) is 17.3 Å². The molecule has 0 saturated carbocycles. The maximum Gasteiger partial charge on any atom is 0.258 e. The zero-order valence-corrected chi connectivity index (χ0v) is 11.8. The molecular weight excluding hydrogens is 262 g/mol. The number of hydrogen-bond donors (Lipinski definition) is 1. The minimum Gasteiger partial charge on any atom is -0.256 e. The summed E-state index contributed by atoms with van der Waals surface area (Å²) in [7, 11) is -1.98. The maximum atomic E-state index is 12.2. The van der Waals surface area contributed by atoms with Crippen molar-refractivity contribution in [3.8, 4) is 0 Å². The van der Waals surface area contributed by atoms with Gasteiger partial charge in [0, 0.05) is 18.5 Å². The van der Waals surface area contributed by atoms with Gasteiger partial charge in [0.15, 0.2) is 5.03 Å². The maximum absolute atomic E-state index is 12.2. The number of alkyl halides is 1. The first-order valence-electron chi connectivity index (χ1n) is 5.48. The van der Waals surface area contributed by atoms with Crippen molar-refractivity contribution in [1.82, 2.24) is 14.5 Å². The van der Waals surface area contributed by atoms with Gasteiger partial charge in [-0.1, -0.05) is 13.8 Å². The second kappa shape index (κ2) is 5.37. The van der Waals surface area contributed by atoms with E-state index >= 15 is 0 Å². The van der Waals surface area contributed by atoms with E-state index < -0.39 is 15.6 Å². The van der Waals surface area contributed by atoms with Crippen LogP contribution in [0.1, 0.15) is 26.7 Å². The number of aromatic nitrogens is 2. The van der Waals surface area contributed by atoms with Crippen LogP contribution in [-0.2, 0) is 17.1 Å².